The number of nitrogens with zero attached hydrogens (tertiary/aromatic N) is 2. The second-order valence-corrected chi connectivity index (χ2v) is 5.41. The molecule has 1 aromatic heterocycles. The summed E-state index contributed by atoms with van der Waals surface area (Å²) in [6.07, 6.45) is 1.30. The van der Waals surface area contributed by atoms with Gasteiger partial charge in [-0.15, -0.1) is 0 Å². The Morgan fingerprint density at radius 3 is 2.79 bits per heavy atom. The van der Waals surface area contributed by atoms with Gasteiger partial charge < -0.3 is 5.11 Å². The Labute approximate surface area is 119 Å². The molecule has 1 heterocycles. The molecule has 0 amide bonds. The van der Waals surface area contributed by atoms with E-state index in [0.29, 0.717) is 0 Å². The molecule has 0 bridgehead atoms. The summed E-state index contributed by atoms with van der Waals surface area (Å²) < 4.78 is 2.83. The molecule has 1 N–H and O–H groups in total. The third kappa shape index (κ3) is 2.17. The molecule has 96 valence electrons. The van der Waals surface area contributed by atoms with Crippen molar-refractivity contribution in [3.05, 3.63) is 58.7 Å². The summed E-state index contributed by atoms with van der Waals surface area (Å²) >= 11 is 3.47. The summed E-state index contributed by atoms with van der Waals surface area (Å²) in [5.74, 6) is 0. The van der Waals surface area contributed by atoms with Crippen molar-refractivity contribution in [2.75, 3.05) is 0 Å². The van der Waals surface area contributed by atoms with Gasteiger partial charge >= 0.3 is 0 Å². The Hall–Kier alpha value is -1.65. The molecule has 0 radical (unpaired) electrons. The minimum atomic E-state index is -0.536. The van der Waals surface area contributed by atoms with E-state index in [1.165, 1.54) is 0 Å². The molecule has 3 rings (SSSR count). The number of rotatable bonds is 2. The molecule has 3 nitrogen and oxygen atoms in total. The molecule has 4 heteroatoms. The maximum absolute atomic E-state index is 9.91. The molecule has 0 aliphatic carbocycles. The van der Waals surface area contributed by atoms with Crippen LogP contribution in [0.2, 0.25) is 0 Å². The highest BCUT2D eigenvalue weighted by atomic mass is 79.9. The van der Waals surface area contributed by atoms with Crippen LogP contribution in [0.25, 0.3) is 16.6 Å². The van der Waals surface area contributed by atoms with E-state index in [0.717, 1.165) is 26.6 Å². The second kappa shape index (κ2) is 4.79. The topological polar surface area (TPSA) is 38.0 Å². The van der Waals surface area contributed by atoms with E-state index in [1.54, 1.807) is 6.92 Å². The fourth-order valence-electron chi connectivity index (χ4n) is 2.22. The quantitative estimate of drug-likeness (QED) is 0.780. The zero-order valence-corrected chi connectivity index (χ0v) is 12.0. The van der Waals surface area contributed by atoms with Crippen LogP contribution < -0.4 is 0 Å². The van der Waals surface area contributed by atoms with Gasteiger partial charge in [-0.1, -0.05) is 40.2 Å². The van der Waals surface area contributed by atoms with Gasteiger partial charge in [-0.25, -0.2) is 4.68 Å². The van der Waals surface area contributed by atoms with Gasteiger partial charge in [-0.3, -0.25) is 0 Å². The number of para-hydroxylation sites is 1. The highest BCUT2D eigenvalue weighted by molar-refractivity contribution is 9.10. The van der Waals surface area contributed by atoms with Gasteiger partial charge in [0.05, 0.1) is 23.5 Å². The minimum Gasteiger partial charge on any atom is -0.389 e. The summed E-state index contributed by atoms with van der Waals surface area (Å²) in [6, 6.07) is 13.8. The molecular formula is C15H13BrN2O. The first kappa shape index (κ1) is 12.4. The first-order chi connectivity index (χ1) is 9.16. The van der Waals surface area contributed by atoms with Gasteiger partial charge in [0.2, 0.25) is 0 Å². The lowest BCUT2D eigenvalue weighted by Gasteiger charge is -2.13. The normalized spacial score (nSPS) is 12.8. The number of hydrogen-bond acceptors (Lipinski definition) is 2. The number of halogens is 1. The molecule has 19 heavy (non-hydrogen) atoms. The molecule has 0 saturated carbocycles. The number of fused-ring (bicyclic) bond motifs is 1. The van der Waals surface area contributed by atoms with Gasteiger partial charge in [-0.2, -0.15) is 5.10 Å². The second-order valence-electron chi connectivity index (χ2n) is 4.49. The average molecular weight is 317 g/mol. The molecule has 0 aliphatic rings. The van der Waals surface area contributed by atoms with E-state index < -0.39 is 6.10 Å². The van der Waals surface area contributed by atoms with Gasteiger partial charge in [0.1, 0.15) is 0 Å². The lowest BCUT2D eigenvalue weighted by atomic mass is 10.1. The monoisotopic (exact) mass is 316 g/mol. The lowest BCUT2D eigenvalue weighted by molar-refractivity contribution is 0.199. The number of benzene rings is 2. The van der Waals surface area contributed by atoms with Crippen LogP contribution in [0.5, 0.6) is 0 Å². The van der Waals surface area contributed by atoms with Crippen LogP contribution in [-0.4, -0.2) is 14.9 Å². The Morgan fingerprint density at radius 2 is 2.00 bits per heavy atom. The lowest BCUT2D eigenvalue weighted by Crippen LogP contribution is -2.03. The molecule has 0 spiro atoms. The zero-order chi connectivity index (χ0) is 13.4. The molecule has 3 aromatic rings. The van der Waals surface area contributed by atoms with E-state index in [2.05, 4.69) is 21.0 Å². The molecule has 0 saturated heterocycles. The van der Waals surface area contributed by atoms with Crippen LogP contribution in [-0.2, 0) is 0 Å². The van der Waals surface area contributed by atoms with Crippen LogP contribution >= 0.6 is 15.9 Å². The van der Waals surface area contributed by atoms with E-state index >= 15 is 0 Å². The number of hydrogen-bond donors (Lipinski definition) is 1. The first-order valence-electron chi connectivity index (χ1n) is 6.07. The largest absolute Gasteiger partial charge is 0.389 e. The van der Waals surface area contributed by atoms with Crippen molar-refractivity contribution in [1.29, 1.82) is 0 Å². The first-order valence-corrected chi connectivity index (χ1v) is 6.87. The summed E-state index contributed by atoms with van der Waals surface area (Å²) in [5.41, 5.74) is 2.78. The van der Waals surface area contributed by atoms with Gasteiger partial charge in [0, 0.05) is 15.4 Å². The molecule has 2 aromatic carbocycles. The highest BCUT2D eigenvalue weighted by Gasteiger charge is 2.13. The van der Waals surface area contributed by atoms with Gasteiger partial charge in [-0.05, 0) is 25.1 Å². The molecule has 0 fully saturated rings. The van der Waals surface area contributed by atoms with Crippen molar-refractivity contribution in [3.8, 4) is 5.69 Å². The van der Waals surface area contributed by atoms with Crippen molar-refractivity contribution in [2.24, 2.45) is 0 Å². The molecule has 1 atom stereocenters. The molecule has 1 unspecified atom stereocenters. The maximum Gasteiger partial charge on any atom is 0.0782 e. The Balaban J connectivity index is 2.29. The van der Waals surface area contributed by atoms with Crippen molar-refractivity contribution >= 4 is 26.8 Å². The predicted molar refractivity (Wildman–Crippen MR) is 79.4 cm³/mol. The van der Waals surface area contributed by atoms with Gasteiger partial charge in [0.15, 0.2) is 0 Å². The smallest absolute Gasteiger partial charge is 0.0782 e. The number of aliphatic hydroxyl groups excluding tert-OH is 1. The Bertz CT molecular complexity index is 734. The van der Waals surface area contributed by atoms with E-state index in [1.807, 2.05) is 53.3 Å². The summed E-state index contributed by atoms with van der Waals surface area (Å²) in [6.45, 7) is 1.76. The fourth-order valence-corrected chi connectivity index (χ4v) is 2.57. The zero-order valence-electron chi connectivity index (χ0n) is 10.4. The van der Waals surface area contributed by atoms with Gasteiger partial charge in [0.25, 0.3) is 0 Å². The van der Waals surface area contributed by atoms with E-state index in [9.17, 15) is 5.11 Å². The molecular weight excluding hydrogens is 304 g/mol. The van der Waals surface area contributed by atoms with Crippen LogP contribution in [0.3, 0.4) is 0 Å². The van der Waals surface area contributed by atoms with Crippen LogP contribution in [0.4, 0.5) is 0 Å². The van der Waals surface area contributed by atoms with E-state index in [-0.39, 0.29) is 0 Å². The third-order valence-corrected chi connectivity index (χ3v) is 3.64. The third-order valence-electron chi connectivity index (χ3n) is 3.15. The fraction of sp³-hybridized carbons (Fsp3) is 0.133. The summed E-state index contributed by atoms with van der Waals surface area (Å²) in [7, 11) is 0. The van der Waals surface area contributed by atoms with Crippen LogP contribution in [0.15, 0.2) is 53.1 Å². The molecule has 0 aliphatic heterocycles. The maximum atomic E-state index is 9.91. The number of aliphatic hydroxyl groups is 1. The average Bonchev–Trinajstić information content (AvgIpc) is 2.82. The van der Waals surface area contributed by atoms with Crippen molar-refractivity contribution in [1.82, 2.24) is 9.78 Å². The summed E-state index contributed by atoms with van der Waals surface area (Å²) in [4.78, 5) is 0. The van der Waals surface area contributed by atoms with Crippen LogP contribution in [0.1, 0.15) is 18.6 Å². The van der Waals surface area contributed by atoms with Crippen molar-refractivity contribution in [3.63, 3.8) is 0 Å². The van der Waals surface area contributed by atoms with Crippen molar-refractivity contribution in [2.45, 2.75) is 13.0 Å². The Morgan fingerprint density at radius 1 is 1.21 bits per heavy atom. The highest BCUT2D eigenvalue weighted by Crippen LogP contribution is 2.27. The van der Waals surface area contributed by atoms with Crippen LogP contribution in [0, 0.1) is 0 Å². The summed E-state index contributed by atoms with van der Waals surface area (Å²) in [5, 5.41) is 15.4. The van der Waals surface area contributed by atoms with E-state index in [4.69, 9.17) is 0 Å². The predicted octanol–water partition coefficient (Wildman–Crippen LogP) is 3.84. The number of aromatic nitrogens is 2. The minimum absolute atomic E-state index is 0.536. The SMILES string of the molecule is CC(O)c1ccc(Br)cc1-n1ncc2ccccc21. The standard InChI is InChI=1S/C15H13BrN2O/c1-10(19)13-7-6-12(16)8-15(13)18-14-5-3-2-4-11(14)9-17-18/h2-10,19H,1H3. The van der Waals surface area contributed by atoms with Crippen molar-refractivity contribution < 1.29 is 5.11 Å². The Kier molecular flexibility index (Phi) is 3.12.